The monoisotopic (exact) mass is 339 g/mol. The number of benzene rings is 1. The van der Waals surface area contributed by atoms with E-state index in [2.05, 4.69) is 31.3 Å². The maximum Gasteiger partial charge on any atom is 0.232 e. The Bertz CT molecular complexity index is 497. The van der Waals surface area contributed by atoms with Gasteiger partial charge in [-0.05, 0) is 37.3 Å². The van der Waals surface area contributed by atoms with Crippen LogP contribution in [0.1, 0.15) is 51.2 Å². The number of amides is 1. The highest BCUT2D eigenvalue weighted by Gasteiger charge is 2.09. The van der Waals surface area contributed by atoms with Crippen LogP contribution in [0.4, 0.5) is 0 Å². The van der Waals surface area contributed by atoms with E-state index in [0.29, 0.717) is 24.8 Å². The van der Waals surface area contributed by atoms with Crippen LogP contribution >= 0.6 is 0 Å². The molecule has 4 nitrogen and oxygen atoms in total. The van der Waals surface area contributed by atoms with Gasteiger partial charge >= 0.3 is 0 Å². The van der Waals surface area contributed by atoms with E-state index in [1.807, 2.05) is 26.0 Å². The highest BCUT2D eigenvalue weighted by Crippen LogP contribution is 2.15. The normalized spacial score (nSPS) is 12.6. The van der Waals surface area contributed by atoms with Crippen LogP contribution < -0.4 is 5.32 Å². The quantitative estimate of drug-likeness (QED) is 0.667. The Morgan fingerprint density at radius 3 is 2.39 bits per heavy atom. The Balaban J connectivity index is 2.26. The fraction of sp³-hybridized carbons (Fsp3) is 0.611. The molecule has 0 radical (unpaired) electrons. The molecule has 5 heteroatoms. The van der Waals surface area contributed by atoms with Gasteiger partial charge in [-0.3, -0.25) is 9.00 Å². The van der Waals surface area contributed by atoms with Crippen LogP contribution in [0.15, 0.2) is 24.3 Å². The van der Waals surface area contributed by atoms with Crippen molar-refractivity contribution in [1.82, 2.24) is 5.32 Å². The van der Waals surface area contributed by atoms with E-state index in [4.69, 9.17) is 4.74 Å². The molecule has 0 aliphatic carbocycles. The lowest BCUT2D eigenvalue weighted by molar-refractivity contribution is -0.118. The summed E-state index contributed by atoms with van der Waals surface area (Å²) in [6.45, 7) is 9.44. The first kappa shape index (κ1) is 19.8. The molecule has 1 aromatic rings. The number of ether oxygens (including phenoxy) is 1. The molecule has 0 aliphatic rings. The zero-order valence-electron chi connectivity index (χ0n) is 14.6. The van der Waals surface area contributed by atoms with Crippen molar-refractivity contribution in [3.63, 3.8) is 0 Å². The van der Waals surface area contributed by atoms with Gasteiger partial charge < -0.3 is 10.1 Å². The Hall–Kier alpha value is -1.20. The third-order valence-electron chi connectivity index (χ3n) is 3.36. The van der Waals surface area contributed by atoms with Crippen molar-refractivity contribution in [3.8, 4) is 0 Å². The summed E-state index contributed by atoms with van der Waals surface area (Å²) in [4.78, 5) is 11.7. The lowest BCUT2D eigenvalue weighted by Crippen LogP contribution is -2.30. The van der Waals surface area contributed by atoms with Crippen LogP contribution in [0, 0.1) is 0 Å². The zero-order chi connectivity index (χ0) is 17.2. The van der Waals surface area contributed by atoms with Crippen LogP contribution in [0.25, 0.3) is 0 Å². The molecule has 130 valence electrons. The first-order valence-corrected chi connectivity index (χ1v) is 9.69. The Morgan fingerprint density at radius 1 is 1.17 bits per heavy atom. The summed E-state index contributed by atoms with van der Waals surface area (Å²) >= 11 is 0. The van der Waals surface area contributed by atoms with Crippen LogP contribution in [-0.2, 0) is 26.1 Å². The van der Waals surface area contributed by atoms with Gasteiger partial charge in [0, 0.05) is 29.7 Å². The van der Waals surface area contributed by atoms with Crippen LogP contribution in [0.5, 0.6) is 0 Å². The Morgan fingerprint density at radius 2 is 1.83 bits per heavy atom. The predicted molar refractivity (Wildman–Crippen MR) is 96.0 cm³/mol. The molecule has 1 rings (SSSR count). The number of carbonyl (C=O) groups excluding carboxylic acids is 1. The number of hydrogen-bond acceptors (Lipinski definition) is 3. The first-order valence-electron chi connectivity index (χ1n) is 8.20. The molecule has 1 atom stereocenters. The van der Waals surface area contributed by atoms with Crippen molar-refractivity contribution in [1.29, 1.82) is 0 Å². The maximum atomic E-state index is 12.0. The lowest BCUT2D eigenvalue weighted by Gasteiger charge is -2.09. The van der Waals surface area contributed by atoms with Crippen molar-refractivity contribution in [2.75, 3.05) is 18.9 Å². The van der Waals surface area contributed by atoms with Crippen molar-refractivity contribution in [3.05, 3.63) is 35.4 Å². The van der Waals surface area contributed by atoms with Crippen LogP contribution in [0.2, 0.25) is 0 Å². The van der Waals surface area contributed by atoms with Crippen LogP contribution in [0.3, 0.4) is 0 Å². The SMILES string of the molecule is CC(C)OCCCNC(=O)CS(=O)Cc1ccc(C(C)C)cc1. The molecule has 0 heterocycles. The summed E-state index contributed by atoms with van der Waals surface area (Å²) in [5.74, 6) is 0.797. The minimum Gasteiger partial charge on any atom is -0.379 e. The molecule has 1 aromatic carbocycles. The number of nitrogens with one attached hydrogen (secondary N) is 1. The minimum atomic E-state index is -1.18. The van der Waals surface area contributed by atoms with Gasteiger partial charge in [-0.15, -0.1) is 0 Å². The second kappa shape index (κ2) is 10.6. The third kappa shape index (κ3) is 8.86. The second-order valence-corrected chi connectivity index (χ2v) is 7.70. The predicted octanol–water partition coefficient (Wildman–Crippen LogP) is 2.99. The highest BCUT2D eigenvalue weighted by atomic mass is 32.2. The summed E-state index contributed by atoms with van der Waals surface area (Å²) in [6.07, 6.45) is 0.980. The van der Waals surface area contributed by atoms with E-state index in [0.717, 1.165) is 12.0 Å². The van der Waals surface area contributed by atoms with Crippen LogP contribution in [-0.4, -0.2) is 35.1 Å². The summed E-state index contributed by atoms with van der Waals surface area (Å²) in [6, 6.07) is 8.11. The van der Waals surface area contributed by atoms with E-state index in [9.17, 15) is 9.00 Å². The largest absolute Gasteiger partial charge is 0.379 e. The van der Waals surface area contributed by atoms with E-state index in [1.165, 1.54) is 5.56 Å². The fourth-order valence-electron chi connectivity index (χ4n) is 2.05. The third-order valence-corrected chi connectivity index (χ3v) is 4.60. The number of rotatable bonds is 10. The smallest absolute Gasteiger partial charge is 0.232 e. The van der Waals surface area contributed by atoms with E-state index in [1.54, 1.807) is 0 Å². The van der Waals surface area contributed by atoms with Crippen molar-refractivity contribution < 1.29 is 13.7 Å². The number of hydrogen-bond donors (Lipinski definition) is 1. The molecule has 1 N–H and O–H groups in total. The lowest BCUT2D eigenvalue weighted by atomic mass is 10.0. The molecule has 0 aliphatic heterocycles. The molecular weight excluding hydrogens is 310 g/mol. The Kier molecular flexibility index (Phi) is 9.10. The molecule has 0 saturated carbocycles. The molecule has 0 saturated heterocycles. The zero-order valence-corrected chi connectivity index (χ0v) is 15.4. The second-order valence-electron chi connectivity index (χ2n) is 6.25. The first-order chi connectivity index (χ1) is 10.9. The van der Waals surface area contributed by atoms with Gasteiger partial charge in [0.15, 0.2) is 0 Å². The summed E-state index contributed by atoms with van der Waals surface area (Å²) in [5, 5.41) is 2.79. The molecule has 23 heavy (non-hydrogen) atoms. The molecule has 0 aromatic heterocycles. The topological polar surface area (TPSA) is 55.4 Å². The average Bonchev–Trinajstić information content (AvgIpc) is 2.46. The molecule has 1 unspecified atom stereocenters. The minimum absolute atomic E-state index is 0.0525. The van der Waals surface area contributed by atoms with Crippen molar-refractivity contribution in [2.24, 2.45) is 0 Å². The maximum absolute atomic E-state index is 12.0. The van der Waals surface area contributed by atoms with Gasteiger partial charge in [-0.1, -0.05) is 38.1 Å². The standard InChI is InChI=1S/C18H29NO3S/c1-14(2)17-8-6-16(7-9-17)12-23(21)13-18(20)19-10-5-11-22-15(3)4/h6-9,14-15H,5,10-13H2,1-4H3,(H,19,20). The molecule has 1 amide bonds. The van der Waals surface area contributed by atoms with E-state index in [-0.39, 0.29) is 17.8 Å². The van der Waals surface area contributed by atoms with Crippen molar-refractivity contribution in [2.45, 2.75) is 51.9 Å². The van der Waals surface area contributed by atoms with Gasteiger partial charge in [-0.25, -0.2) is 0 Å². The highest BCUT2D eigenvalue weighted by molar-refractivity contribution is 7.84. The molecule has 0 spiro atoms. The molecule has 0 bridgehead atoms. The summed E-state index contributed by atoms with van der Waals surface area (Å²) in [5.41, 5.74) is 2.27. The van der Waals surface area contributed by atoms with Gasteiger partial charge in [0.2, 0.25) is 5.91 Å². The van der Waals surface area contributed by atoms with Gasteiger partial charge in [0.1, 0.15) is 5.75 Å². The number of carbonyl (C=O) groups is 1. The molecule has 0 fully saturated rings. The fourth-order valence-corrected chi connectivity index (χ4v) is 3.11. The van der Waals surface area contributed by atoms with Gasteiger partial charge in [0.25, 0.3) is 0 Å². The average molecular weight is 340 g/mol. The summed E-state index contributed by atoms with van der Waals surface area (Å²) < 4.78 is 17.4. The van der Waals surface area contributed by atoms with Gasteiger partial charge in [-0.2, -0.15) is 0 Å². The Labute approximate surface area is 142 Å². The van der Waals surface area contributed by atoms with Gasteiger partial charge in [0.05, 0.1) is 6.10 Å². The van der Waals surface area contributed by atoms with E-state index >= 15 is 0 Å². The summed E-state index contributed by atoms with van der Waals surface area (Å²) in [7, 11) is -1.18. The van der Waals surface area contributed by atoms with E-state index < -0.39 is 10.8 Å². The van der Waals surface area contributed by atoms with Crippen molar-refractivity contribution >= 4 is 16.7 Å². The molecular formula is C18H29NO3S.